The molecule has 6 nitrogen and oxygen atoms in total. The van der Waals surface area contributed by atoms with Gasteiger partial charge in [0.1, 0.15) is 0 Å². The number of H-pyrrole nitrogens is 1. The van der Waals surface area contributed by atoms with Gasteiger partial charge >= 0.3 is 0 Å². The molecule has 2 N–H and O–H groups in total. The molecule has 1 unspecified atom stereocenters. The van der Waals surface area contributed by atoms with Crippen LogP contribution in [0.15, 0.2) is 54.7 Å². The van der Waals surface area contributed by atoms with Crippen LogP contribution in [0.5, 0.6) is 0 Å². The lowest BCUT2D eigenvalue weighted by Crippen LogP contribution is -2.48. The number of aromatic amines is 1. The number of nitrogens with one attached hydrogen (secondary N) is 2. The van der Waals surface area contributed by atoms with Crippen LogP contribution in [-0.2, 0) is 11.2 Å². The molecule has 35 heavy (non-hydrogen) atoms. The Morgan fingerprint density at radius 1 is 1.17 bits per heavy atom. The Bertz CT molecular complexity index is 1360. The molecule has 1 aliphatic heterocycles. The molecule has 0 radical (unpaired) electrons. The lowest BCUT2D eigenvalue weighted by molar-refractivity contribution is -0.129. The molecule has 0 saturated carbocycles. The molecule has 4 aromatic rings. The Labute approximate surface area is 209 Å². The van der Waals surface area contributed by atoms with E-state index in [1.807, 2.05) is 19.2 Å². The maximum absolute atomic E-state index is 13.3. The minimum absolute atomic E-state index is 0.0107. The normalized spacial score (nSPS) is 15.2. The number of hydrogen-bond donors (Lipinski definition) is 2. The van der Waals surface area contributed by atoms with E-state index in [1.54, 1.807) is 4.90 Å². The van der Waals surface area contributed by atoms with Gasteiger partial charge in [0.15, 0.2) is 0 Å². The number of likely N-dealkylation sites (N-methyl/N-ethyl adjacent to an activating group) is 1. The highest BCUT2D eigenvalue weighted by molar-refractivity contribution is 7.20. The summed E-state index contributed by atoms with van der Waals surface area (Å²) in [5.41, 5.74) is 3.41. The molecule has 2 amide bonds. The van der Waals surface area contributed by atoms with Gasteiger partial charge in [-0.1, -0.05) is 44.0 Å². The summed E-state index contributed by atoms with van der Waals surface area (Å²) in [6.45, 7) is 4.12. The number of benzene rings is 2. The van der Waals surface area contributed by atoms with Crippen molar-refractivity contribution in [1.29, 1.82) is 0 Å². The topological polar surface area (TPSA) is 68.4 Å². The maximum atomic E-state index is 13.3. The van der Waals surface area contributed by atoms with Crippen LogP contribution in [0.3, 0.4) is 0 Å². The fourth-order valence-corrected chi connectivity index (χ4v) is 5.80. The fraction of sp³-hybridized carbons (Fsp3) is 0.357. The highest BCUT2D eigenvalue weighted by Gasteiger charge is 2.22. The van der Waals surface area contributed by atoms with Crippen molar-refractivity contribution in [2.45, 2.75) is 38.6 Å². The highest BCUT2D eigenvalue weighted by atomic mass is 32.1. The van der Waals surface area contributed by atoms with Crippen molar-refractivity contribution in [2.24, 2.45) is 0 Å². The van der Waals surface area contributed by atoms with E-state index in [-0.39, 0.29) is 17.9 Å². The summed E-state index contributed by atoms with van der Waals surface area (Å²) in [4.78, 5) is 33.4. The molecule has 1 saturated heterocycles. The molecule has 5 rings (SSSR count). The van der Waals surface area contributed by atoms with E-state index < -0.39 is 0 Å². The monoisotopic (exact) mass is 488 g/mol. The van der Waals surface area contributed by atoms with Gasteiger partial charge < -0.3 is 20.1 Å². The first-order chi connectivity index (χ1) is 17.0. The van der Waals surface area contributed by atoms with Gasteiger partial charge in [0, 0.05) is 53.7 Å². The summed E-state index contributed by atoms with van der Waals surface area (Å²) >= 11 is 1.52. The quantitative estimate of drug-likeness (QED) is 0.359. The predicted molar refractivity (Wildman–Crippen MR) is 144 cm³/mol. The van der Waals surface area contributed by atoms with Crippen LogP contribution in [0.25, 0.3) is 21.0 Å². The first-order valence-electron chi connectivity index (χ1n) is 12.4. The van der Waals surface area contributed by atoms with Gasteiger partial charge in [-0.2, -0.15) is 0 Å². The number of piperazine rings is 1. The van der Waals surface area contributed by atoms with Crippen LogP contribution >= 0.6 is 11.3 Å². The third kappa shape index (κ3) is 5.05. The summed E-state index contributed by atoms with van der Waals surface area (Å²) in [7, 11) is 1.85. The van der Waals surface area contributed by atoms with Crippen molar-refractivity contribution >= 4 is 49.8 Å². The fourth-order valence-electron chi connectivity index (χ4n) is 4.81. The van der Waals surface area contributed by atoms with Crippen molar-refractivity contribution in [3.05, 3.63) is 65.2 Å². The summed E-state index contributed by atoms with van der Waals surface area (Å²) in [5, 5.41) is 5.60. The molecule has 1 atom stereocenters. The highest BCUT2D eigenvalue weighted by Crippen LogP contribution is 2.30. The molecule has 1 aliphatic rings. The van der Waals surface area contributed by atoms with Gasteiger partial charge in [-0.15, -0.1) is 11.3 Å². The number of aromatic nitrogens is 1. The third-order valence-corrected chi connectivity index (χ3v) is 8.03. The van der Waals surface area contributed by atoms with Gasteiger partial charge in [0.05, 0.1) is 11.4 Å². The predicted octanol–water partition coefficient (Wildman–Crippen LogP) is 5.19. The average Bonchev–Trinajstić information content (AvgIpc) is 3.48. The Kier molecular flexibility index (Phi) is 6.77. The number of fused-ring (bicyclic) bond motifs is 2. The lowest BCUT2D eigenvalue weighted by Gasteiger charge is -2.33. The molecule has 7 heteroatoms. The Hall–Kier alpha value is -3.32. The minimum atomic E-state index is -0.0107. The number of amides is 2. The van der Waals surface area contributed by atoms with Gasteiger partial charge in [-0.05, 0) is 48.1 Å². The van der Waals surface area contributed by atoms with E-state index in [1.165, 1.54) is 22.3 Å². The van der Waals surface area contributed by atoms with E-state index in [4.69, 9.17) is 0 Å². The number of hydrogen-bond acceptors (Lipinski definition) is 4. The molecule has 2 aromatic heterocycles. The van der Waals surface area contributed by atoms with Crippen LogP contribution in [0.4, 0.5) is 5.69 Å². The number of thiophene rings is 1. The van der Waals surface area contributed by atoms with Crippen LogP contribution in [0.2, 0.25) is 0 Å². The maximum Gasteiger partial charge on any atom is 0.261 e. The number of para-hydroxylation sites is 1. The molecule has 182 valence electrons. The van der Waals surface area contributed by atoms with Gasteiger partial charge in [-0.3, -0.25) is 9.59 Å². The molecule has 0 spiro atoms. The smallest absolute Gasteiger partial charge is 0.261 e. The number of unbranched alkanes of at least 4 members (excludes halogenated alkanes) is 1. The van der Waals surface area contributed by atoms with E-state index >= 15 is 0 Å². The van der Waals surface area contributed by atoms with Gasteiger partial charge in [0.2, 0.25) is 5.91 Å². The second kappa shape index (κ2) is 10.1. The number of carbonyl (C=O) groups excluding carboxylic acids is 2. The zero-order chi connectivity index (χ0) is 24.4. The zero-order valence-corrected chi connectivity index (χ0v) is 21.2. The van der Waals surface area contributed by atoms with E-state index in [2.05, 4.69) is 64.7 Å². The van der Waals surface area contributed by atoms with Crippen molar-refractivity contribution in [2.75, 3.05) is 31.6 Å². The second-order valence-electron chi connectivity index (χ2n) is 9.45. The van der Waals surface area contributed by atoms with Crippen molar-refractivity contribution in [3.63, 3.8) is 0 Å². The average molecular weight is 489 g/mol. The molecule has 0 aliphatic carbocycles. The minimum Gasteiger partial charge on any atom is -0.361 e. The second-order valence-corrected chi connectivity index (χ2v) is 10.5. The van der Waals surface area contributed by atoms with Crippen LogP contribution in [0.1, 0.15) is 41.4 Å². The Morgan fingerprint density at radius 2 is 2.03 bits per heavy atom. The number of carbonyl (C=O) groups is 2. The van der Waals surface area contributed by atoms with E-state index in [0.717, 1.165) is 64.9 Å². The van der Waals surface area contributed by atoms with Crippen LogP contribution in [0, 0.1) is 0 Å². The SMILES string of the molecule is CCCCC(Cc1c[nH]c2ccccc12)NC(=O)c1cc2ccc(N3CCN(C)C(=O)C3)cc2s1. The standard InChI is InChI=1S/C28H32N4O2S/c1-3-4-7-21(14-20-17-29-24-9-6-5-8-23(20)24)30-28(34)26-15-19-10-11-22(16-25(19)35-26)32-13-12-31(2)27(33)18-32/h5-6,8-11,15-17,21,29H,3-4,7,12-14,18H2,1-2H3,(H,30,34). The number of nitrogens with zero attached hydrogens (tertiary/aromatic N) is 2. The largest absolute Gasteiger partial charge is 0.361 e. The molecular weight excluding hydrogens is 456 g/mol. The summed E-state index contributed by atoms with van der Waals surface area (Å²) in [6.07, 6.45) is 6.00. The van der Waals surface area contributed by atoms with Crippen molar-refractivity contribution < 1.29 is 9.59 Å². The number of rotatable bonds is 8. The molecule has 0 bridgehead atoms. The van der Waals surface area contributed by atoms with E-state index in [9.17, 15) is 9.59 Å². The van der Waals surface area contributed by atoms with Crippen molar-refractivity contribution in [3.8, 4) is 0 Å². The molecule has 3 heterocycles. The molecule has 2 aromatic carbocycles. The lowest BCUT2D eigenvalue weighted by atomic mass is 10.0. The number of anilines is 1. The van der Waals surface area contributed by atoms with Crippen LogP contribution < -0.4 is 10.2 Å². The third-order valence-electron chi connectivity index (χ3n) is 6.93. The Morgan fingerprint density at radius 3 is 2.86 bits per heavy atom. The summed E-state index contributed by atoms with van der Waals surface area (Å²) in [5.74, 6) is 0.124. The van der Waals surface area contributed by atoms with Gasteiger partial charge in [0.25, 0.3) is 5.91 Å². The van der Waals surface area contributed by atoms with E-state index in [0.29, 0.717) is 6.54 Å². The molecular formula is C28H32N4O2S. The summed E-state index contributed by atoms with van der Waals surface area (Å²) in [6, 6.07) is 16.6. The van der Waals surface area contributed by atoms with Crippen molar-refractivity contribution in [1.82, 2.24) is 15.2 Å². The zero-order valence-electron chi connectivity index (χ0n) is 20.3. The van der Waals surface area contributed by atoms with Gasteiger partial charge in [-0.25, -0.2) is 0 Å². The van der Waals surface area contributed by atoms with Crippen LogP contribution in [-0.4, -0.2) is 54.4 Å². The first kappa shape index (κ1) is 23.4. The molecule has 1 fully saturated rings. The first-order valence-corrected chi connectivity index (χ1v) is 13.2. The Balaban J connectivity index is 1.32. The summed E-state index contributed by atoms with van der Waals surface area (Å²) < 4.78 is 1.07.